The molecule has 2 aliphatic rings. The molecule has 0 bridgehead atoms. The molecule has 0 aromatic heterocycles. The maximum atomic E-state index is 11.3. The van der Waals surface area contributed by atoms with Crippen LogP contribution in [0.4, 0.5) is 11.4 Å². The Bertz CT molecular complexity index is 926. The minimum Gasteiger partial charge on any atom is -0.489 e. The Labute approximate surface area is 163 Å². The summed E-state index contributed by atoms with van der Waals surface area (Å²) >= 11 is 6.46. The Morgan fingerprint density at radius 2 is 2.07 bits per heavy atom. The molecule has 2 aromatic rings. The van der Waals surface area contributed by atoms with E-state index in [1.165, 1.54) is 11.6 Å². The molecule has 1 aliphatic heterocycles. The molecule has 2 aromatic carbocycles. The SMILES string of the molecule is CC(C)Oc1cccc2c1NC(c1cc([N+](=O)[O-])ccc1Cl)C1CC=CC21. The molecule has 0 saturated carbocycles. The number of non-ortho nitro benzene ring substituents is 1. The van der Waals surface area contributed by atoms with Crippen LogP contribution in [0.5, 0.6) is 5.75 Å². The molecular formula is C21H21ClN2O3. The smallest absolute Gasteiger partial charge is 0.269 e. The molecule has 0 spiro atoms. The molecule has 1 aliphatic carbocycles. The van der Waals surface area contributed by atoms with E-state index >= 15 is 0 Å². The topological polar surface area (TPSA) is 64.4 Å². The molecule has 1 N–H and O–H groups in total. The fraction of sp³-hybridized carbons (Fsp3) is 0.333. The first-order chi connectivity index (χ1) is 13.0. The summed E-state index contributed by atoms with van der Waals surface area (Å²) < 4.78 is 6.01. The Hall–Kier alpha value is -2.53. The average molecular weight is 385 g/mol. The van der Waals surface area contributed by atoms with Crippen LogP contribution in [-0.2, 0) is 0 Å². The molecular weight excluding hydrogens is 364 g/mol. The minimum absolute atomic E-state index is 0.0509. The van der Waals surface area contributed by atoms with Crippen molar-refractivity contribution < 1.29 is 9.66 Å². The fourth-order valence-electron chi connectivity index (χ4n) is 4.14. The van der Waals surface area contributed by atoms with Crippen LogP contribution in [0, 0.1) is 16.0 Å². The number of rotatable bonds is 4. The van der Waals surface area contributed by atoms with Crippen molar-refractivity contribution in [3.05, 3.63) is 74.8 Å². The zero-order valence-corrected chi connectivity index (χ0v) is 15.9. The molecule has 0 radical (unpaired) electrons. The van der Waals surface area contributed by atoms with E-state index in [0.717, 1.165) is 23.4 Å². The summed E-state index contributed by atoms with van der Waals surface area (Å²) in [6.07, 6.45) is 5.35. The van der Waals surface area contributed by atoms with Crippen molar-refractivity contribution >= 4 is 23.0 Å². The van der Waals surface area contributed by atoms with Gasteiger partial charge in [0, 0.05) is 28.6 Å². The summed E-state index contributed by atoms with van der Waals surface area (Å²) in [5.74, 6) is 1.29. The van der Waals surface area contributed by atoms with Crippen molar-refractivity contribution in [3.8, 4) is 5.75 Å². The average Bonchev–Trinajstić information content (AvgIpc) is 3.11. The summed E-state index contributed by atoms with van der Waals surface area (Å²) in [5.41, 5.74) is 2.96. The van der Waals surface area contributed by atoms with Gasteiger partial charge in [-0.05, 0) is 43.9 Å². The molecule has 1 heterocycles. The number of anilines is 1. The van der Waals surface area contributed by atoms with E-state index in [1.54, 1.807) is 12.1 Å². The monoisotopic (exact) mass is 384 g/mol. The predicted molar refractivity (Wildman–Crippen MR) is 107 cm³/mol. The van der Waals surface area contributed by atoms with Crippen LogP contribution in [0.1, 0.15) is 43.4 Å². The molecule has 6 heteroatoms. The summed E-state index contributed by atoms with van der Waals surface area (Å²) in [5, 5.41) is 15.4. The lowest BCUT2D eigenvalue weighted by atomic mass is 9.77. The number of nitrogens with zero attached hydrogens (tertiary/aromatic N) is 1. The number of allylic oxidation sites excluding steroid dienone is 2. The van der Waals surface area contributed by atoms with Crippen molar-refractivity contribution in [2.24, 2.45) is 5.92 Å². The number of hydrogen-bond donors (Lipinski definition) is 1. The standard InChI is InChI=1S/C21H21ClN2O3/c1-12(2)27-19-8-4-7-16-14-5-3-6-15(14)20(23-21(16)19)17-11-13(24(25)26)9-10-18(17)22/h3-5,7-12,14-15,20,23H,6H2,1-2H3. The number of nitro benzene ring substituents is 1. The fourth-order valence-corrected chi connectivity index (χ4v) is 4.37. The van der Waals surface area contributed by atoms with Crippen molar-refractivity contribution in [3.63, 3.8) is 0 Å². The largest absolute Gasteiger partial charge is 0.489 e. The van der Waals surface area contributed by atoms with Gasteiger partial charge < -0.3 is 10.1 Å². The molecule has 4 rings (SSSR count). The Balaban J connectivity index is 1.82. The van der Waals surface area contributed by atoms with Gasteiger partial charge in [0.1, 0.15) is 5.75 Å². The van der Waals surface area contributed by atoms with E-state index in [0.29, 0.717) is 5.02 Å². The maximum Gasteiger partial charge on any atom is 0.269 e. The van der Waals surface area contributed by atoms with Crippen LogP contribution in [0.2, 0.25) is 5.02 Å². The molecule has 27 heavy (non-hydrogen) atoms. The van der Waals surface area contributed by atoms with Crippen LogP contribution in [-0.4, -0.2) is 11.0 Å². The van der Waals surface area contributed by atoms with E-state index in [1.807, 2.05) is 26.0 Å². The molecule has 0 saturated heterocycles. The predicted octanol–water partition coefficient (Wildman–Crippen LogP) is 5.86. The second kappa shape index (κ2) is 6.89. The summed E-state index contributed by atoms with van der Waals surface area (Å²) in [4.78, 5) is 10.9. The van der Waals surface area contributed by atoms with Crippen LogP contribution < -0.4 is 10.1 Å². The first-order valence-corrected chi connectivity index (χ1v) is 9.50. The molecule has 0 amide bonds. The van der Waals surface area contributed by atoms with Crippen molar-refractivity contribution in [2.45, 2.75) is 38.3 Å². The first-order valence-electron chi connectivity index (χ1n) is 9.12. The second-order valence-corrected chi connectivity index (χ2v) is 7.73. The maximum absolute atomic E-state index is 11.3. The summed E-state index contributed by atoms with van der Waals surface area (Å²) in [6, 6.07) is 10.6. The molecule has 5 nitrogen and oxygen atoms in total. The van der Waals surface area contributed by atoms with Crippen molar-refractivity contribution in [1.82, 2.24) is 0 Å². The summed E-state index contributed by atoms with van der Waals surface area (Å²) in [7, 11) is 0. The molecule has 0 fully saturated rings. The number of halogens is 1. The van der Waals surface area contributed by atoms with E-state index in [9.17, 15) is 10.1 Å². The highest BCUT2D eigenvalue weighted by molar-refractivity contribution is 6.31. The van der Waals surface area contributed by atoms with Gasteiger partial charge in [-0.2, -0.15) is 0 Å². The highest BCUT2D eigenvalue weighted by atomic mass is 35.5. The van der Waals surface area contributed by atoms with Gasteiger partial charge in [-0.3, -0.25) is 10.1 Å². The highest BCUT2D eigenvalue weighted by Crippen LogP contribution is 2.53. The van der Waals surface area contributed by atoms with Gasteiger partial charge in [0.2, 0.25) is 0 Å². The molecule has 3 unspecified atom stereocenters. The third-order valence-corrected chi connectivity index (χ3v) is 5.59. The third-order valence-electron chi connectivity index (χ3n) is 5.25. The van der Waals surface area contributed by atoms with Gasteiger partial charge in [-0.15, -0.1) is 0 Å². The van der Waals surface area contributed by atoms with Crippen molar-refractivity contribution in [2.75, 3.05) is 5.32 Å². The molecule has 140 valence electrons. The lowest BCUT2D eigenvalue weighted by Gasteiger charge is -2.38. The number of hydrogen-bond acceptors (Lipinski definition) is 4. The van der Waals surface area contributed by atoms with Crippen LogP contribution >= 0.6 is 11.6 Å². The Kier molecular flexibility index (Phi) is 4.56. The van der Waals surface area contributed by atoms with Gasteiger partial charge >= 0.3 is 0 Å². The Morgan fingerprint density at radius 1 is 1.26 bits per heavy atom. The number of ether oxygens (including phenoxy) is 1. The number of nitro groups is 1. The highest BCUT2D eigenvalue weighted by Gasteiger charge is 2.40. The zero-order valence-electron chi connectivity index (χ0n) is 15.2. The summed E-state index contributed by atoms with van der Waals surface area (Å²) in [6.45, 7) is 3.99. The van der Waals surface area contributed by atoms with Crippen LogP contribution in [0.25, 0.3) is 0 Å². The Morgan fingerprint density at radius 3 is 2.81 bits per heavy atom. The number of fused-ring (bicyclic) bond motifs is 3. The van der Waals surface area contributed by atoms with Crippen molar-refractivity contribution in [1.29, 1.82) is 0 Å². The number of para-hydroxylation sites is 1. The van der Waals surface area contributed by atoms with Gasteiger partial charge in [-0.1, -0.05) is 35.9 Å². The van der Waals surface area contributed by atoms with E-state index < -0.39 is 0 Å². The minimum atomic E-state index is -0.381. The van der Waals surface area contributed by atoms with Crippen LogP contribution in [0.15, 0.2) is 48.6 Å². The van der Waals surface area contributed by atoms with Gasteiger partial charge in [-0.25, -0.2) is 0 Å². The number of nitrogens with one attached hydrogen (secondary N) is 1. The van der Waals surface area contributed by atoms with E-state index in [2.05, 4.69) is 23.5 Å². The lowest BCUT2D eigenvalue weighted by molar-refractivity contribution is -0.384. The second-order valence-electron chi connectivity index (χ2n) is 7.33. The molecule has 3 atom stereocenters. The quantitative estimate of drug-likeness (QED) is 0.407. The van der Waals surface area contributed by atoms with Gasteiger partial charge in [0.05, 0.1) is 22.8 Å². The normalized spacial score (nSPS) is 22.9. The number of benzene rings is 2. The lowest BCUT2D eigenvalue weighted by Crippen LogP contribution is -2.30. The van der Waals surface area contributed by atoms with Crippen LogP contribution in [0.3, 0.4) is 0 Å². The van der Waals surface area contributed by atoms with Gasteiger partial charge in [0.25, 0.3) is 5.69 Å². The van der Waals surface area contributed by atoms with Gasteiger partial charge in [0.15, 0.2) is 0 Å². The zero-order chi connectivity index (χ0) is 19.1. The third kappa shape index (κ3) is 3.16. The van der Waals surface area contributed by atoms with E-state index in [4.69, 9.17) is 16.3 Å². The first kappa shape index (κ1) is 17.9. The van der Waals surface area contributed by atoms with E-state index in [-0.39, 0.29) is 34.6 Å².